The van der Waals surface area contributed by atoms with Crippen LogP contribution in [0.3, 0.4) is 0 Å². The fourth-order valence-electron chi connectivity index (χ4n) is 0.999. The third-order valence-electron chi connectivity index (χ3n) is 2.25. The van der Waals surface area contributed by atoms with Crippen LogP contribution >= 0.6 is 0 Å². The zero-order chi connectivity index (χ0) is 12.8. The van der Waals surface area contributed by atoms with E-state index in [4.69, 9.17) is 5.11 Å². The summed E-state index contributed by atoms with van der Waals surface area (Å²) in [5.41, 5.74) is 0. The maximum absolute atomic E-state index is 11.6. The Kier molecular flexibility index (Phi) is 6.54. The van der Waals surface area contributed by atoms with Crippen molar-refractivity contribution in [2.24, 2.45) is 5.92 Å². The van der Waals surface area contributed by atoms with E-state index in [1.807, 2.05) is 6.92 Å². The van der Waals surface area contributed by atoms with Gasteiger partial charge in [0.05, 0.1) is 7.11 Å². The highest BCUT2D eigenvalue weighted by Gasteiger charge is 2.28. The van der Waals surface area contributed by atoms with E-state index >= 15 is 0 Å². The Morgan fingerprint density at radius 1 is 1.44 bits per heavy atom. The van der Waals surface area contributed by atoms with Crippen LogP contribution in [-0.2, 0) is 19.6 Å². The van der Waals surface area contributed by atoms with Crippen LogP contribution in [0, 0.1) is 5.92 Å². The molecule has 6 nitrogen and oxygen atoms in total. The molecule has 0 saturated carbocycles. The molecule has 0 amide bonds. The zero-order valence-electron chi connectivity index (χ0n) is 9.76. The minimum atomic E-state index is -3.69. The average Bonchev–Trinajstić information content (AvgIpc) is 2.25. The number of methoxy groups -OCH3 is 1. The van der Waals surface area contributed by atoms with E-state index < -0.39 is 21.2 Å². The molecule has 96 valence electrons. The number of hydrogen-bond donors (Lipinski definition) is 2. The van der Waals surface area contributed by atoms with Gasteiger partial charge < -0.3 is 9.84 Å². The van der Waals surface area contributed by atoms with E-state index in [1.165, 1.54) is 6.92 Å². The molecule has 16 heavy (non-hydrogen) atoms. The van der Waals surface area contributed by atoms with E-state index in [0.717, 1.165) is 7.11 Å². The van der Waals surface area contributed by atoms with Crippen LogP contribution < -0.4 is 4.72 Å². The molecule has 0 saturated heterocycles. The summed E-state index contributed by atoms with van der Waals surface area (Å²) in [6, 6.07) is 0. The molecule has 2 unspecified atom stereocenters. The summed E-state index contributed by atoms with van der Waals surface area (Å²) in [5.74, 6) is -0.771. The minimum Gasteiger partial charge on any atom is -0.468 e. The van der Waals surface area contributed by atoms with Crippen molar-refractivity contribution in [2.45, 2.75) is 25.5 Å². The van der Waals surface area contributed by atoms with Crippen molar-refractivity contribution < 1.29 is 23.1 Å². The maximum Gasteiger partial charge on any atom is 0.325 e. The van der Waals surface area contributed by atoms with Gasteiger partial charge in [0.25, 0.3) is 0 Å². The van der Waals surface area contributed by atoms with Crippen LogP contribution in [0.25, 0.3) is 0 Å². The fraction of sp³-hybridized carbons (Fsp3) is 0.889. The van der Waals surface area contributed by atoms with Crippen molar-refractivity contribution in [3.8, 4) is 0 Å². The molecule has 0 radical (unpaired) electrons. The van der Waals surface area contributed by atoms with E-state index in [0.29, 0.717) is 6.42 Å². The minimum absolute atomic E-state index is 0.00937. The molecule has 0 aromatic rings. The number of carbonyl (C=O) groups excluding carboxylic acids is 1. The highest BCUT2D eigenvalue weighted by molar-refractivity contribution is 7.90. The molecule has 0 rings (SSSR count). The first kappa shape index (κ1) is 15.3. The smallest absolute Gasteiger partial charge is 0.325 e. The number of sulfonamides is 1. The van der Waals surface area contributed by atoms with Crippen molar-refractivity contribution in [1.82, 2.24) is 4.72 Å². The van der Waals surface area contributed by atoms with Crippen LogP contribution in [0.1, 0.15) is 20.3 Å². The molecule has 0 aliphatic carbocycles. The lowest BCUT2D eigenvalue weighted by molar-refractivity contribution is -0.139. The highest BCUT2D eigenvalue weighted by Crippen LogP contribution is 2.04. The molecule has 0 aliphatic rings. The van der Waals surface area contributed by atoms with Crippen molar-refractivity contribution in [3.05, 3.63) is 0 Å². The molecule has 0 heterocycles. The monoisotopic (exact) mass is 253 g/mol. The van der Waals surface area contributed by atoms with Gasteiger partial charge in [0, 0.05) is 13.2 Å². The quantitative estimate of drug-likeness (QED) is 0.596. The standard InChI is InChI=1S/C9H19NO5S/c1-7(4-5-11)6-10-16(13,14)8(2)9(12)15-3/h7-8,10-11H,4-6H2,1-3H3. The number of ether oxygens (including phenoxy) is 1. The molecular weight excluding hydrogens is 234 g/mol. The summed E-state index contributed by atoms with van der Waals surface area (Å²) in [6.45, 7) is 3.28. The van der Waals surface area contributed by atoms with Gasteiger partial charge in [-0.25, -0.2) is 13.1 Å². The summed E-state index contributed by atoms with van der Waals surface area (Å²) in [6.07, 6.45) is 0.509. The number of esters is 1. The third-order valence-corrected chi connectivity index (χ3v) is 3.95. The highest BCUT2D eigenvalue weighted by atomic mass is 32.2. The van der Waals surface area contributed by atoms with E-state index in [-0.39, 0.29) is 19.1 Å². The Labute approximate surface area is 96.0 Å². The molecule has 7 heteroatoms. The summed E-state index contributed by atoms with van der Waals surface area (Å²) in [4.78, 5) is 11.0. The number of nitrogens with one attached hydrogen (secondary N) is 1. The van der Waals surface area contributed by atoms with Gasteiger partial charge in [-0.05, 0) is 19.3 Å². The van der Waals surface area contributed by atoms with Crippen LogP contribution in [0.4, 0.5) is 0 Å². The Morgan fingerprint density at radius 3 is 2.44 bits per heavy atom. The number of carbonyl (C=O) groups is 1. The topological polar surface area (TPSA) is 92.7 Å². The first-order valence-electron chi connectivity index (χ1n) is 5.02. The Morgan fingerprint density at radius 2 is 2.00 bits per heavy atom. The first-order valence-corrected chi connectivity index (χ1v) is 6.57. The fourth-order valence-corrected chi connectivity index (χ4v) is 2.11. The predicted octanol–water partition coefficient (Wildman–Crippen LogP) is -0.514. The van der Waals surface area contributed by atoms with Crippen molar-refractivity contribution in [2.75, 3.05) is 20.3 Å². The van der Waals surface area contributed by atoms with Crippen molar-refractivity contribution in [1.29, 1.82) is 0 Å². The summed E-state index contributed by atoms with van der Waals surface area (Å²) in [7, 11) is -2.55. The Bertz CT molecular complexity index is 314. The summed E-state index contributed by atoms with van der Waals surface area (Å²) >= 11 is 0. The van der Waals surface area contributed by atoms with E-state index in [1.54, 1.807) is 0 Å². The maximum atomic E-state index is 11.6. The molecular formula is C9H19NO5S. The molecule has 0 aromatic heterocycles. The lowest BCUT2D eigenvalue weighted by Gasteiger charge is -2.14. The molecule has 0 aromatic carbocycles. The number of hydrogen-bond acceptors (Lipinski definition) is 5. The van der Waals surface area contributed by atoms with Gasteiger partial charge >= 0.3 is 5.97 Å². The number of aliphatic hydroxyl groups excluding tert-OH is 1. The molecule has 2 N–H and O–H groups in total. The largest absolute Gasteiger partial charge is 0.468 e. The molecule has 0 bridgehead atoms. The van der Waals surface area contributed by atoms with Gasteiger partial charge in [-0.3, -0.25) is 4.79 Å². The zero-order valence-corrected chi connectivity index (χ0v) is 10.6. The summed E-state index contributed by atoms with van der Waals surface area (Å²) in [5, 5.41) is 7.43. The second-order valence-corrected chi connectivity index (χ2v) is 5.76. The predicted molar refractivity (Wildman–Crippen MR) is 59.3 cm³/mol. The molecule has 0 spiro atoms. The normalized spacial score (nSPS) is 15.5. The van der Waals surface area contributed by atoms with Gasteiger partial charge in [0.1, 0.15) is 0 Å². The number of aliphatic hydroxyl groups is 1. The van der Waals surface area contributed by atoms with Crippen LogP contribution in [0.2, 0.25) is 0 Å². The van der Waals surface area contributed by atoms with E-state index in [2.05, 4.69) is 9.46 Å². The van der Waals surface area contributed by atoms with Gasteiger partial charge in [-0.15, -0.1) is 0 Å². The SMILES string of the molecule is COC(=O)C(C)S(=O)(=O)NCC(C)CCO. The molecule has 0 aliphatic heterocycles. The average molecular weight is 253 g/mol. The first-order chi connectivity index (χ1) is 7.35. The summed E-state index contributed by atoms with van der Waals surface area (Å²) < 4.78 is 29.8. The molecule has 2 atom stereocenters. The Balaban J connectivity index is 4.30. The molecule has 0 fully saturated rings. The van der Waals surface area contributed by atoms with Crippen LogP contribution in [0.15, 0.2) is 0 Å². The van der Waals surface area contributed by atoms with Crippen molar-refractivity contribution >= 4 is 16.0 Å². The van der Waals surface area contributed by atoms with Crippen molar-refractivity contribution in [3.63, 3.8) is 0 Å². The van der Waals surface area contributed by atoms with Gasteiger partial charge in [-0.1, -0.05) is 6.92 Å². The van der Waals surface area contributed by atoms with Gasteiger partial charge in [0.2, 0.25) is 10.0 Å². The third kappa shape index (κ3) is 4.91. The van der Waals surface area contributed by atoms with Gasteiger partial charge in [0.15, 0.2) is 5.25 Å². The van der Waals surface area contributed by atoms with Gasteiger partial charge in [-0.2, -0.15) is 0 Å². The van der Waals surface area contributed by atoms with Crippen LogP contribution in [-0.4, -0.2) is 45.0 Å². The Hall–Kier alpha value is -0.660. The lowest BCUT2D eigenvalue weighted by atomic mass is 10.1. The number of rotatable bonds is 7. The van der Waals surface area contributed by atoms with E-state index in [9.17, 15) is 13.2 Å². The van der Waals surface area contributed by atoms with Crippen LogP contribution in [0.5, 0.6) is 0 Å². The lowest BCUT2D eigenvalue weighted by Crippen LogP contribution is -2.40. The second-order valence-electron chi connectivity index (χ2n) is 3.68. The second kappa shape index (κ2) is 6.82.